The highest BCUT2D eigenvalue weighted by atomic mass is 127. The van der Waals surface area contributed by atoms with E-state index in [2.05, 4.69) is 34.8 Å². The Bertz CT molecular complexity index is 270. The van der Waals surface area contributed by atoms with E-state index in [1.165, 1.54) is 19.8 Å². The Balaban J connectivity index is 0. The summed E-state index contributed by atoms with van der Waals surface area (Å²) < 4.78 is 0. The molecule has 0 radical (unpaired) electrons. The SMILES string of the molecule is CCNC(=NCCCCC(C)C)NCCNC(C)=O.I. The minimum atomic E-state index is -0.00238. The van der Waals surface area contributed by atoms with Crippen molar-refractivity contribution in [2.45, 2.75) is 47.0 Å². The number of halogens is 1. The zero-order valence-electron chi connectivity index (χ0n) is 13.3. The number of aliphatic imine (C=N–C) groups is 1. The smallest absolute Gasteiger partial charge is 0.216 e. The van der Waals surface area contributed by atoms with Gasteiger partial charge in [-0.1, -0.05) is 26.7 Å². The van der Waals surface area contributed by atoms with Gasteiger partial charge in [0.15, 0.2) is 5.96 Å². The van der Waals surface area contributed by atoms with Gasteiger partial charge in [0, 0.05) is 33.1 Å². The first-order chi connectivity index (χ1) is 9.06. The first kappa shape index (κ1) is 21.8. The van der Waals surface area contributed by atoms with Crippen LogP contribution in [0.4, 0.5) is 0 Å². The molecule has 0 fully saturated rings. The van der Waals surface area contributed by atoms with Crippen molar-refractivity contribution < 1.29 is 4.79 Å². The molecule has 0 aliphatic carbocycles. The lowest BCUT2D eigenvalue weighted by molar-refractivity contribution is -0.118. The Kier molecular flexibility index (Phi) is 16.2. The number of nitrogens with one attached hydrogen (secondary N) is 3. The number of rotatable bonds is 9. The fraction of sp³-hybridized carbons (Fsp3) is 0.857. The van der Waals surface area contributed by atoms with Crippen molar-refractivity contribution in [3.05, 3.63) is 0 Å². The highest BCUT2D eigenvalue weighted by Crippen LogP contribution is 2.05. The van der Waals surface area contributed by atoms with Crippen LogP contribution in [0.25, 0.3) is 0 Å². The lowest BCUT2D eigenvalue weighted by Crippen LogP contribution is -2.41. The maximum absolute atomic E-state index is 10.7. The molecule has 0 aromatic carbocycles. The number of hydrogen-bond donors (Lipinski definition) is 3. The summed E-state index contributed by atoms with van der Waals surface area (Å²) in [4.78, 5) is 15.2. The monoisotopic (exact) mass is 398 g/mol. The van der Waals surface area contributed by atoms with E-state index in [9.17, 15) is 4.79 Å². The summed E-state index contributed by atoms with van der Waals surface area (Å²) in [6.07, 6.45) is 3.62. The van der Waals surface area contributed by atoms with Crippen molar-refractivity contribution in [3.63, 3.8) is 0 Å². The number of unbranched alkanes of at least 4 members (excludes halogenated alkanes) is 1. The van der Waals surface area contributed by atoms with E-state index in [-0.39, 0.29) is 29.9 Å². The second kappa shape index (κ2) is 14.9. The van der Waals surface area contributed by atoms with Gasteiger partial charge in [0.2, 0.25) is 5.91 Å². The Labute approximate surface area is 140 Å². The second-order valence-corrected chi connectivity index (χ2v) is 5.06. The first-order valence-corrected chi connectivity index (χ1v) is 7.32. The molecule has 0 atom stereocenters. The van der Waals surface area contributed by atoms with Crippen molar-refractivity contribution in [1.82, 2.24) is 16.0 Å². The van der Waals surface area contributed by atoms with Crippen LogP contribution in [-0.4, -0.2) is 38.0 Å². The van der Waals surface area contributed by atoms with Crippen LogP contribution in [0.3, 0.4) is 0 Å². The molecule has 0 heterocycles. The van der Waals surface area contributed by atoms with Crippen molar-refractivity contribution in [2.24, 2.45) is 10.9 Å². The van der Waals surface area contributed by atoms with Gasteiger partial charge >= 0.3 is 0 Å². The zero-order valence-corrected chi connectivity index (χ0v) is 15.6. The van der Waals surface area contributed by atoms with Crippen molar-refractivity contribution in [3.8, 4) is 0 Å². The van der Waals surface area contributed by atoms with Crippen LogP contribution in [0.1, 0.15) is 47.0 Å². The Hall–Kier alpha value is -0.530. The Morgan fingerprint density at radius 2 is 1.75 bits per heavy atom. The molecule has 0 bridgehead atoms. The maximum atomic E-state index is 10.7. The highest BCUT2D eigenvalue weighted by molar-refractivity contribution is 14.0. The molecule has 0 aliphatic rings. The summed E-state index contributed by atoms with van der Waals surface area (Å²) in [5.74, 6) is 1.60. The molecule has 0 saturated heterocycles. The fourth-order valence-electron chi connectivity index (χ4n) is 1.62. The van der Waals surface area contributed by atoms with Gasteiger partial charge in [-0.2, -0.15) is 0 Å². The van der Waals surface area contributed by atoms with E-state index in [1.54, 1.807) is 0 Å². The van der Waals surface area contributed by atoms with Crippen LogP contribution in [0.15, 0.2) is 4.99 Å². The molecule has 0 rings (SSSR count). The number of nitrogens with zero attached hydrogens (tertiary/aromatic N) is 1. The summed E-state index contributed by atoms with van der Waals surface area (Å²) in [6, 6.07) is 0. The molecule has 0 aromatic rings. The van der Waals surface area contributed by atoms with Gasteiger partial charge in [0.25, 0.3) is 0 Å². The quantitative estimate of drug-likeness (QED) is 0.241. The largest absolute Gasteiger partial charge is 0.357 e. The van der Waals surface area contributed by atoms with Crippen LogP contribution in [0.2, 0.25) is 0 Å². The van der Waals surface area contributed by atoms with Crippen LogP contribution < -0.4 is 16.0 Å². The summed E-state index contributed by atoms with van der Waals surface area (Å²) in [7, 11) is 0. The van der Waals surface area contributed by atoms with E-state index in [0.29, 0.717) is 13.1 Å². The molecule has 120 valence electrons. The zero-order chi connectivity index (χ0) is 14.5. The average Bonchev–Trinajstić information content (AvgIpc) is 2.33. The van der Waals surface area contributed by atoms with Gasteiger partial charge < -0.3 is 16.0 Å². The lowest BCUT2D eigenvalue weighted by Gasteiger charge is -2.11. The molecule has 5 nitrogen and oxygen atoms in total. The van der Waals surface area contributed by atoms with E-state index in [4.69, 9.17) is 0 Å². The molecule has 1 amide bonds. The van der Waals surface area contributed by atoms with Gasteiger partial charge in [-0.15, -0.1) is 24.0 Å². The minimum absolute atomic E-state index is 0. The lowest BCUT2D eigenvalue weighted by atomic mass is 10.1. The van der Waals surface area contributed by atoms with Crippen LogP contribution in [0.5, 0.6) is 0 Å². The summed E-state index contributed by atoms with van der Waals surface area (Å²) in [5, 5.41) is 9.14. The van der Waals surface area contributed by atoms with Gasteiger partial charge in [0.05, 0.1) is 0 Å². The Morgan fingerprint density at radius 3 is 2.30 bits per heavy atom. The van der Waals surface area contributed by atoms with E-state index in [0.717, 1.165) is 31.4 Å². The second-order valence-electron chi connectivity index (χ2n) is 5.06. The number of amides is 1. The molecular weight excluding hydrogens is 367 g/mol. The maximum Gasteiger partial charge on any atom is 0.216 e. The molecule has 0 saturated carbocycles. The topological polar surface area (TPSA) is 65.5 Å². The third kappa shape index (κ3) is 15.5. The standard InChI is InChI=1S/C14H30N4O.HI/c1-5-15-14(18-11-10-16-13(4)19)17-9-7-6-8-12(2)3;/h12H,5-11H2,1-4H3,(H,16,19)(H2,15,17,18);1H. The number of carbonyl (C=O) groups excluding carboxylic acids is 1. The Morgan fingerprint density at radius 1 is 1.10 bits per heavy atom. The molecule has 0 aliphatic heterocycles. The highest BCUT2D eigenvalue weighted by Gasteiger charge is 1.97. The number of carbonyl (C=O) groups is 1. The van der Waals surface area contributed by atoms with Crippen LogP contribution >= 0.6 is 24.0 Å². The number of guanidine groups is 1. The fourth-order valence-corrected chi connectivity index (χ4v) is 1.62. The molecule has 6 heteroatoms. The molecule has 20 heavy (non-hydrogen) atoms. The summed E-state index contributed by atoms with van der Waals surface area (Å²) >= 11 is 0. The molecular formula is C14H31IN4O. The third-order valence-electron chi connectivity index (χ3n) is 2.60. The summed E-state index contributed by atoms with van der Waals surface area (Å²) in [5.41, 5.74) is 0. The van der Waals surface area contributed by atoms with Crippen molar-refractivity contribution >= 4 is 35.8 Å². The number of hydrogen-bond acceptors (Lipinski definition) is 2. The molecule has 0 aromatic heterocycles. The van der Waals surface area contributed by atoms with E-state index in [1.807, 2.05) is 6.92 Å². The van der Waals surface area contributed by atoms with Crippen molar-refractivity contribution in [1.29, 1.82) is 0 Å². The predicted molar refractivity (Wildman–Crippen MR) is 96.8 cm³/mol. The van der Waals surface area contributed by atoms with Gasteiger partial charge in [0.1, 0.15) is 0 Å². The predicted octanol–water partition coefficient (Wildman–Crippen LogP) is 2.12. The normalized spacial score (nSPS) is 10.9. The van der Waals surface area contributed by atoms with E-state index >= 15 is 0 Å². The average molecular weight is 398 g/mol. The van der Waals surface area contributed by atoms with Crippen molar-refractivity contribution in [2.75, 3.05) is 26.2 Å². The van der Waals surface area contributed by atoms with E-state index < -0.39 is 0 Å². The van der Waals surface area contributed by atoms with Gasteiger partial charge in [-0.25, -0.2) is 0 Å². The molecule has 0 spiro atoms. The van der Waals surface area contributed by atoms with Crippen LogP contribution in [-0.2, 0) is 4.79 Å². The third-order valence-corrected chi connectivity index (χ3v) is 2.60. The molecule has 3 N–H and O–H groups in total. The van der Waals surface area contributed by atoms with Gasteiger partial charge in [-0.05, 0) is 19.3 Å². The first-order valence-electron chi connectivity index (χ1n) is 7.32. The van der Waals surface area contributed by atoms with Crippen LogP contribution in [0, 0.1) is 5.92 Å². The summed E-state index contributed by atoms with van der Waals surface area (Å²) in [6.45, 7) is 11.1. The molecule has 0 unspecified atom stereocenters. The minimum Gasteiger partial charge on any atom is -0.357 e. The van der Waals surface area contributed by atoms with Gasteiger partial charge in [-0.3, -0.25) is 9.79 Å².